The predicted octanol–water partition coefficient (Wildman–Crippen LogP) is 5.02. The van der Waals surface area contributed by atoms with Gasteiger partial charge in [0.25, 0.3) is 0 Å². The molecule has 0 saturated heterocycles. The highest BCUT2D eigenvalue weighted by Crippen LogP contribution is 2.28. The maximum absolute atomic E-state index is 10.7. The zero-order valence-corrected chi connectivity index (χ0v) is 11.9. The predicted molar refractivity (Wildman–Crippen MR) is 80.8 cm³/mol. The molecule has 0 fully saturated rings. The van der Waals surface area contributed by atoms with Gasteiger partial charge in [-0.15, -0.1) is 0 Å². The molecule has 2 aromatic carbocycles. The lowest BCUT2D eigenvalue weighted by molar-refractivity contribution is 0.112. The SMILES string of the molecule is CC(C)Cc1ccc(-c2ccc(C=O)cc2Cl)cc1. The molecule has 0 radical (unpaired) electrons. The molecule has 0 atom stereocenters. The van der Waals surface area contributed by atoms with Crippen LogP contribution in [0.3, 0.4) is 0 Å². The molecule has 0 aliphatic heterocycles. The van der Waals surface area contributed by atoms with Crippen molar-refractivity contribution >= 4 is 17.9 Å². The van der Waals surface area contributed by atoms with Gasteiger partial charge < -0.3 is 0 Å². The molecule has 0 aliphatic rings. The third-order valence-corrected chi connectivity index (χ3v) is 3.35. The van der Waals surface area contributed by atoms with E-state index in [1.54, 1.807) is 12.1 Å². The van der Waals surface area contributed by atoms with Crippen molar-refractivity contribution < 1.29 is 4.79 Å². The summed E-state index contributed by atoms with van der Waals surface area (Å²) in [5.41, 5.74) is 3.97. The number of hydrogen-bond acceptors (Lipinski definition) is 1. The first-order valence-corrected chi connectivity index (χ1v) is 6.82. The van der Waals surface area contributed by atoms with E-state index in [1.807, 2.05) is 6.07 Å². The molecule has 0 unspecified atom stereocenters. The first kappa shape index (κ1) is 13.8. The molecule has 0 aromatic heterocycles. The first-order chi connectivity index (χ1) is 9.10. The normalized spacial score (nSPS) is 10.7. The Morgan fingerprint density at radius 2 is 1.79 bits per heavy atom. The molecule has 98 valence electrons. The van der Waals surface area contributed by atoms with Crippen LogP contribution in [0.25, 0.3) is 11.1 Å². The van der Waals surface area contributed by atoms with Gasteiger partial charge in [-0.2, -0.15) is 0 Å². The van der Waals surface area contributed by atoms with Crippen molar-refractivity contribution in [2.24, 2.45) is 5.92 Å². The van der Waals surface area contributed by atoms with Crippen molar-refractivity contribution in [3.63, 3.8) is 0 Å². The molecule has 19 heavy (non-hydrogen) atoms. The van der Waals surface area contributed by atoms with Gasteiger partial charge in [0.1, 0.15) is 6.29 Å². The smallest absolute Gasteiger partial charge is 0.150 e. The van der Waals surface area contributed by atoms with E-state index in [-0.39, 0.29) is 0 Å². The number of hydrogen-bond donors (Lipinski definition) is 0. The van der Waals surface area contributed by atoms with E-state index in [1.165, 1.54) is 5.56 Å². The van der Waals surface area contributed by atoms with Gasteiger partial charge in [0.05, 0.1) is 0 Å². The van der Waals surface area contributed by atoms with Crippen LogP contribution in [0.5, 0.6) is 0 Å². The second-order valence-corrected chi connectivity index (χ2v) is 5.56. The molecule has 2 heteroatoms. The topological polar surface area (TPSA) is 17.1 Å². The zero-order valence-electron chi connectivity index (χ0n) is 11.2. The summed E-state index contributed by atoms with van der Waals surface area (Å²) < 4.78 is 0. The number of benzene rings is 2. The summed E-state index contributed by atoms with van der Waals surface area (Å²) in [6, 6.07) is 13.8. The van der Waals surface area contributed by atoms with Crippen molar-refractivity contribution in [1.82, 2.24) is 0 Å². The minimum absolute atomic E-state index is 0.602. The molecule has 0 amide bonds. The van der Waals surface area contributed by atoms with Crippen molar-refractivity contribution in [1.29, 1.82) is 0 Å². The monoisotopic (exact) mass is 272 g/mol. The van der Waals surface area contributed by atoms with Gasteiger partial charge in [-0.25, -0.2) is 0 Å². The van der Waals surface area contributed by atoms with Gasteiger partial charge in [0.15, 0.2) is 0 Å². The third kappa shape index (κ3) is 3.45. The molecule has 1 nitrogen and oxygen atoms in total. The molecule has 0 aliphatic carbocycles. The highest BCUT2D eigenvalue weighted by molar-refractivity contribution is 6.33. The standard InChI is InChI=1S/C17H17ClO/c1-12(2)9-13-3-6-15(7-4-13)16-8-5-14(11-19)10-17(16)18/h3-8,10-12H,9H2,1-2H3. The summed E-state index contributed by atoms with van der Waals surface area (Å²) in [5, 5.41) is 0.612. The quantitative estimate of drug-likeness (QED) is 0.715. The van der Waals surface area contributed by atoms with Gasteiger partial charge >= 0.3 is 0 Å². The van der Waals surface area contributed by atoms with Gasteiger partial charge in [0.2, 0.25) is 0 Å². The van der Waals surface area contributed by atoms with Crippen LogP contribution in [0.1, 0.15) is 29.8 Å². The maximum Gasteiger partial charge on any atom is 0.150 e. The Balaban J connectivity index is 2.29. The van der Waals surface area contributed by atoms with Gasteiger partial charge in [-0.05, 0) is 29.5 Å². The fourth-order valence-corrected chi connectivity index (χ4v) is 2.43. The van der Waals surface area contributed by atoms with Gasteiger partial charge in [-0.3, -0.25) is 4.79 Å². The molecule has 2 aromatic rings. The molecular formula is C17H17ClO. The van der Waals surface area contributed by atoms with Crippen LogP contribution in [0.4, 0.5) is 0 Å². The third-order valence-electron chi connectivity index (χ3n) is 3.04. The summed E-state index contributed by atoms with van der Waals surface area (Å²) in [6.45, 7) is 4.42. The van der Waals surface area contributed by atoms with Crippen LogP contribution in [0.2, 0.25) is 5.02 Å². The van der Waals surface area contributed by atoms with E-state index in [4.69, 9.17) is 11.6 Å². The Kier molecular flexibility index (Phi) is 4.39. The van der Waals surface area contributed by atoms with Crippen LogP contribution in [-0.2, 0) is 6.42 Å². The van der Waals surface area contributed by atoms with E-state index >= 15 is 0 Å². The maximum atomic E-state index is 10.7. The van der Waals surface area contributed by atoms with Crippen molar-refractivity contribution in [3.8, 4) is 11.1 Å². The van der Waals surface area contributed by atoms with Crippen LogP contribution >= 0.6 is 11.6 Å². The Bertz CT molecular complexity index is 570. The molecule has 2 rings (SSSR count). The van der Waals surface area contributed by atoms with E-state index < -0.39 is 0 Å². The minimum Gasteiger partial charge on any atom is -0.298 e. The Morgan fingerprint density at radius 3 is 2.32 bits per heavy atom. The van der Waals surface area contributed by atoms with Crippen molar-refractivity contribution in [3.05, 3.63) is 58.6 Å². The Hall–Kier alpha value is -1.60. The van der Waals surface area contributed by atoms with Gasteiger partial charge in [-0.1, -0.05) is 61.8 Å². The number of carbonyl (C=O) groups excluding carboxylic acids is 1. The van der Waals surface area contributed by atoms with E-state index in [2.05, 4.69) is 38.1 Å². The summed E-state index contributed by atoms with van der Waals surface area (Å²) in [4.78, 5) is 10.7. The fraction of sp³-hybridized carbons (Fsp3) is 0.235. The minimum atomic E-state index is 0.602. The van der Waals surface area contributed by atoms with Crippen molar-refractivity contribution in [2.75, 3.05) is 0 Å². The molecule has 0 bridgehead atoms. The highest BCUT2D eigenvalue weighted by Gasteiger charge is 2.05. The lowest BCUT2D eigenvalue weighted by atomic mass is 9.98. The molecule has 0 saturated carbocycles. The van der Waals surface area contributed by atoms with Crippen LogP contribution < -0.4 is 0 Å². The average Bonchev–Trinajstić information content (AvgIpc) is 2.39. The lowest BCUT2D eigenvalue weighted by Crippen LogP contribution is -1.93. The number of halogens is 1. The summed E-state index contributed by atoms with van der Waals surface area (Å²) in [7, 11) is 0. The molecule has 0 heterocycles. The van der Waals surface area contributed by atoms with Crippen LogP contribution in [0, 0.1) is 5.92 Å². The zero-order chi connectivity index (χ0) is 13.8. The number of rotatable bonds is 4. The fourth-order valence-electron chi connectivity index (χ4n) is 2.13. The number of aldehydes is 1. The molecule has 0 N–H and O–H groups in total. The first-order valence-electron chi connectivity index (χ1n) is 6.44. The summed E-state index contributed by atoms with van der Waals surface area (Å²) >= 11 is 6.21. The summed E-state index contributed by atoms with van der Waals surface area (Å²) in [6.07, 6.45) is 1.89. The van der Waals surface area contributed by atoms with E-state index in [0.29, 0.717) is 16.5 Å². The van der Waals surface area contributed by atoms with Crippen LogP contribution in [-0.4, -0.2) is 6.29 Å². The van der Waals surface area contributed by atoms with E-state index in [9.17, 15) is 4.79 Å². The van der Waals surface area contributed by atoms with Crippen LogP contribution in [0.15, 0.2) is 42.5 Å². The largest absolute Gasteiger partial charge is 0.298 e. The Labute approximate surface area is 119 Å². The molecule has 0 spiro atoms. The number of carbonyl (C=O) groups is 1. The average molecular weight is 273 g/mol. The van der Waals surface area contributed by atoms with Crippen molar-refractivity contribution in [2.45, 2.75) is 20.3 Å². The second kappa shape index (κ2) is 6.03. The van der Waals surface area contributed by atoms with Gasteiger partial charge in [0, 0.05) is 16.1 Å². The second-order valence-electron chi connectivity index (χ2n) is 5.15. The Morgan fingerprint density at radius 1 is 1.11 bits per heavy atom. The highest BCUT2D eigenvalue weighted by atomic mass is 35.5. The van der Waals surface area contributed by atoms with E-state index in [0.717, 1.165) is 23.8 Å². The molecular weight excluding hydrogens is 256 g/mol. The summed E-state index contributed by atoms with van der Waals surface area (Å²) in [5.74, 6) is 0.654. The lowest BCUT2D eigenvalue weighted by Gasteiger charge is -2.08.